The highest BCUT2D eigenvalue weighted by Gasteiger charge is 2.48. The zero-order valence-corrected chi connectivity index (χ0v) is 19.5. The third-order valence-electron chi connectivity index (χ3n) is 7.82. The van der Waals surface area contributed by atoms with E-state index in [1.54, 1.807) is 6.92 Å². The van der Waals surface area contributed by atoms with E-state index < -0.39 is 0 Å². The molecule has 0 radical (unpaired) electrons. The van der Waals surface area contributed by atoms with Crippen molar-refractivity contribution in [1.29, 1.82) is 5.26 Å². The van der Waals surface area contributed by atoms with E-state index in [1.807, 2.05) is 16.7 Å². The van der Waals surface area contributed by atoms with Gasteiger partial charge in [0.05, 0.1) is 18.2 Å². The first-order valence-electron chi connectivity index (χ1n) is 12.3. The number of carbonyl (C=O) groups excluding carboxylic acids is 2. The average Bonchev–Trinajstić information content (AvgIpc) is 3.26. The SMILES string of the molecule is CC(=O)N1C2CCC(C3CNN(CCC#N)C3)CC2N(C(=O)OC2CCCNC2)C[C@@H]1C. The van der Waals surface area contributed by atoms with Crippen LogP contribution in [0.4, 0.5) is 4.79 Å². The topological polar surface area (TPSA) is 101 Å². The minimum Gasteiger partial charge on any atom is -0.445 e. The molecule has 2 N–H and O–H groups in total. The van der Waals surface area contributed by atoms with E-state index in [0.29, 0.717) is 24.8 Å². The Morgan fingerprint density at radius 2 is 1.97 bits per heavy atom. The highest BCUT2D eigenvalue weighted by molar-refractivity contribution is 5.75. The van der Waals surface area contributed by atoms with Gasteiger partial charge in [-0.15, -0.1) is 0 Å². The van der Waals surface area contributed by atoms with E-state index in [-0.39, 0.29) is 36.2 Å². The first-order valence-corrected chi connectivity index (χ1v) is 12.3. The van der Waals surface area contributed by atoms with Gasteiger partial charge in [-0.05, 0) is 57.4 Å². The maximum absolute atomic E-state index is 13.3. The van der Waals surface area contributed by atoms with Gasteiger partial charge in [0.15, 0.2) is 0 Å². The van der Waals surface area contributed by atoms with Gasteiger partial charge in [0.1, 0.15) is 6.10 Å². The average molecular weight is 447 g/mol. The lowest BCUT2D eigenvalue weighted by atomic mass is 9.73. The molecule has 1 aliphatic carbocycles. The standard InChI is InChI=1S/C23H38N6O3/c1-16-14-28(23(31)32-20-5-3-9-25-13-20)22-11-18(6-7-21(22)29(16)17(2)30)19-12-26-27(15-19)10-4-8-24/h16,18-22,25-26H,3-7,9-15H2,1-2H3/t16-,18?,19?,20?,21?,22?/m0/s1. The fourth-order valence-electron chi connectivity index (χ4n) is 6.30. The smallest absolute Gasteiger partial charge is 0.410 e. The molecule has 5 unspecified atom stereocenters. The van der Waals surface area contributed by atoms with Crippen molar-refractivity contribution in [1.82, 2.24) is 25.6 Å². The molecule has 0 spiro atoms. The monoisotopic (exact) mass is 446 g/mol. The van der Waals surface area contributed by atoms with Gasteiger partial charge in [-0.25, -0.2) is 9.80 Å². The molecule has 3 heterocycles. The zero-order valence-electron chi connectivity index (χ0n) is 19.5. The molecule has 2 amide bonds. The van der Waals surface area contributed by atoms with Crippen molar-refractivity contribution in [3.8, 4) is 6.07 Å². The number of nitrogens with zero attached hydrogens (tertiary/aromatic N) is 4. The number of amides is 2. The molecule has 4 rings (SSSR count). The van der Waals surface area contributed by atoms with Gasteiger partial charge in [-0.1, -0.05) is 0 Å². The number of piperidine rings is 1. The number of hydrogen-bond donors (Lipinski definition) is 2. The quantitative estimate of drug-likeness (QED) is 0.672. The summed E-state index contributed by atoms with van der Waals surface area (Å²) >= 11 is 0. The minimum absolute atomic E-state index is 0.00282. The van der Waals surface area contributed by atoms with Gasteiger partial charge >= 0.3 is 6.09 Å². The Hall–Kier alpha value is -1.89. The van der Waals surface area contributed by atoms with E-state index >= 15 is 0 Å². The predicted octanol–water partition coefficient (Wildman–Crippen LogP) is 1.31. The van der Waals surface area contributed by atoms with E-state index in [0.717, 1.165) is 64.8 Å². The van der Waals surface area contributed by atoms with Gasteiger partial charge in [0, 0.05) is 52.1 Å². The molecule has 32 heavy (non-hydrogen) atoms. The van der Waals surface area contributed by atoms with Crippen LogP contribution in [0.3, 0.4) is 0 Å². The number of hydrazine groups is 1. The molecule has 3 saturated heterocycles. The molecule has 4 aliphatic rings. The molecule has 178 valence electrons. The fourth-order valence-corrected chi connectivity index (χ4v) is 6.30. The summed E-state index contributed by atoms with van der Waals surface area (Å²) in [6, 6.07) is 2.28. The van der Waals surface area contributed by atoms with Crippen molar-refractivity contribution < 1.29 is 14.3 Å². The Morgan fingerprint density at radius 3 is 2.69 bits per heavy atom. The van der Waals surface area contributed by atoms with Gasteiger partial charge < -0.3 is 19.9 Å². The summed E-state index contributed by atoms with van der Waals surface area (Å²) in [4.78, 5) is 29.7. The molecule has 9 heteroatoms. The molecule has 0 aromatic heterocycles. The Kier molecular flexibility index (Phi) is 7.54. The zero-order chi connectivity index (χ0) is 22.7. The van der Waals surface area contributed by atoms with Crippen LogP contribution in [-0.4, -0.2) is 90.3 Å². The summed E-state index contributed by atoms with van der Waals surface area (Å²) in [5.74, 6) is 1.09. The van der Waals surface area contributed by atoms with E-state index in [4.69, 9.17) is 10.00 Å². The molecular weight excluding hydrogens is 408 g/mol. The number of hydrogen-bond acceptors (Lipinski definition) is 7. The van der Waals surface area contributed by atoms with Crippen molar-refractivity contribution in [3.63, 3.8) is 0 Å². The molecule has 1 saturated carbocycles. The number of nitrogens with one attached hydrogen (secondary N) is 2. The van der Waals surface area contributed by atoms with Gasteiger partial charge in [-0.3, -0.25) is 10.2 Å². The number of fused-ring (bicyclic) bond motifs is 1. The van der Waals surface area contributed by atoms with Gasteiger partial charge in [-0.2, -0.15) is 5.26 Å². The number of nitriles is 1. The first-order chi connectivity index (χ1) is 15.5. The van der Waals surface area contributed by atoms with E-state index in [2.05, 4.69) is 21.8 Å². The highest BCUT2D eigenvalue weighted by Crippen LogP contribution is 2.39. The second-order valence-electron chi connectivity index (χ2n) is 9.96. The second kappa shape index (κ2) is 10.4. The lowest BCUT2D eigenvalue weighted by Gasteiger charge is -2.54. The maximum Gasteiger partial charge on any atom is 0.410 e. The van der Waals surface area contributed by atoms with Crippen molar-refractivity contribution in [3.05, 3.63) is 0 Å². The summed E-state index contributed by atoms with van der Waals surface area (Å²) < 4.78 is 5.92. The molecule has 0 bridgehead atoms. The predicted molar refractivity (Wildman–Crippen MR) is 119 cm³/mol. The molecule has 0 aromatic rings. The van der Waals surface area contributed by atoms with Crippen molar-refractivity contribution in [2.45, 2.75) is 76.6 Å². The first kappa shape index (κ1) is 23.3. The van der Waals surface area contributed by atoms with Crippen LogP contribution in [0.15, 0.2) is 0 Å². The van der Waals surface area contributed by atoms with Crippen LogP contribution in [-0.2, 0) is 9.53 Å². The van der Waals surface area contributed by atoms with Crippen LogP contribution < -0.4 is 10.7 Å². The molecule has 0 aromatic carbocycles. The Labute approximate surface area is 191 Å². The van der Waals surface area contributed by atoms with Crippen molar-refractivity contribution in [2.24, 2.45) is 11.8 Å². The highest BCUT2D eigenvalue weighted by atomic mass is 16.6. The lowest BCUT2D eigenvalue weighted by molar-refractivity contribution is -0.142. The normalized spacial score (nSPS) is 35.8. The molecule has 4 fully saturated rings. The number of rotatable bonds is 4. The minimum atomic E-state index is -0.218. The Morgan fingerprint density at radius 1 is 1.12 bits per heavy atom. The lowest BCUT2D eigenvalue weighted by Crippen LogP contribution is -2.67. The van der Waals surface area contributed by atoms with Crippen LogP contribution in [0.25, 0.3) is 0 Å². The van der Waals surface area contributed by atoms with Crippen LogP contribution in [0.1, 0.15) is 52.4 Å². The second-order valence-corrected chi connectivity index (χ2v) is 9.96. The Balaban J connectivity index is 1.45. The summed E-state index contributed by atoms with van der Waals surface area (Å²) in [7, 11) is 0. The molecule has 9 nitrogen and oxygen atoms in total. The third-order valence-corrected chi connectivity index (χ3v) is 7.82. The summed E-state index contributed by atoms with van der Waals surface area (Å²) in [6.45, 7) is 8.52. The number of piperazine rings is 1. The van der Waals surface area contributed by atoms with Crippen LogP contribution >= 0.6 is 0 Å². The van der Waals surface area contributed by atoms with Crippen LogP contribution in [0, 0.1) is 23.2 Å². The summed E-state index contributed by atoms with van der Waals surface area (Å²) in [5, 5.41) is 14.3. The number of carbonyl (C=O) groups is 2. The Bertz CT molecular complexity index is 721. The molecule has 3 aliphatic heterocycles. The van der Waals surface area contributed by atoms with Gasteiger partial charge in [0.25, 0.3) is 0 Å². The number of ether oxygens (including phenoxy) is 1. The summed E-state index contributed by atoms with van der Waals surface area (Å²) in [6.07, 6.45) is 5.05. The fraction of sp³-hybridized carbons (Fsp3) is 0.870. The molecule has 6 atom stereocenters. The largest absolute Gasteiger partial charge is 0.445 e. The van der Waals surface area contributed by atoms with E-state index in [1.165, 1.54) is 0 Å². The van der Waals surface area contributed by atoms with Crippen molar-refractivity contribution in [2.75, 3.05) is 39.3 Å². The maximum atomic E-state index is 13.3. The van der Waals surface area contributed by atoms with Crippen molar-refractivity contribution >= 4 is 12.0 Å². The summed E-state index contributed by atoms with van der Waals surface area (Å²) in [5.41, 5.74) is 3.44. The van der Waals surface area contributed by atoms with Crippen LogP contribution in [0.2, 0.25) is 0 Å². The van der Waals surface area contributed by atoms with E-state index in [9.17, 15) is 9.59 Å². The third kappa shape index (κ3) is 5.03. The van der Waals surface area contributed by atoms with Gasteiger partial charge in [0.2, 0.25) is 5.91 Å². The van der Waals surface area contributed by atoms with Crippen LogP contribution in [0.5, 0.6) is 0 Å². The molecular formula is C23H38N6O3.